The second kappa shape index (κ2) is 6.23. The van der Waals surface area contributed by atoms with Gasteiger partial charge in [-0.3, -0.25) is 9.69 Å². The summed E-state index contributed by atoms with van der Waals surface area (Å²) in [6.07, 6.45) is 4.79. The van der Waals surface area contributed by atoms with Gasteiger partial charge in [0.15, 0.2) is 0 Å². The van der Waals surface area contributed by atoms with Gasteiger partial charge in [0.25, 0.3) is 0 Å². The molecule has 0 spiro atoms. The van der Waals surface area contributed by atoms with Gasteiger partial charge in [-0.25, -0.2) is 0 Å². The van der Waals surface area contributed by atoms with E-state index in [1.807, 2.05) is 0 Å². The minimum absolute atomic E-state index is 0.393. The van der Waals surface area contributed by atoms with E-state index in [1.54, 1.807) is 0 Å². The predicted molar refractivity (Wildman–Crippen MR) is 74.2 cm³/mol. The van der Waals surface area contributed by atoms with Gasteiger partial charge in [0.2, 0.25) is 0 Å². The summed E-state index contributed by atoms with van der Waals surface area (Å²) in [6, 6.07) is 0.393. The van der Waals surface area contributed by atoms with Crippen LogP contribution in [0.3, 0.4) is 0 Å². The van der Waals surface area contributed by atoms with Crippen molar-refractivity contribution in [1.29, 1.82) is 0 Å². The normalized spacial score (nSPS) is 37.2. The molecule has 0 aromatic carbocycles. The molecule has 1 unspecified atom stereocenters. The first-order chi connectivity index (χ1) is 9.07. The Balaban J connectivity index is 2.05. The van der Waals surface area contributed by atoms with Crippen LogP contribution in [0.15, 0.2) is 0 Å². The number of nitrogens with zero attached hydrogens (tertiary/aromatic N) is 1. The van der Waals surface area contributed by atoms with E-state index >= 15 is 0 Å². The van der Waals surface area contributed by atoms with E-state index in [2.05, 4.69) is 18.7 Å². The van der Waals surface area contributed by atoms with Crippen LogP contribution in [-0.2, 0) is 9.53 Å². The van der Waals surface area contributed by atoms with Crippen molar-refractivity contribution >= 4 is 5.97 Å². The van der Waals surface area contributed by atoms with E-state index in [1.165, 1.54) is 0 Å². The number of hydrogen-bond acceptors (Lipinski definition) is 3. The molecule has 1 atom stereocenters. The molecular formula is C15H27NO3. The van der Waals surface area contributed by atoms with Crippen molar-refractivity contribution in [2.45, 2.75) is 52.0 Å². The number of hydrogen-bond donors (Lipinski definition) is 1. The topological polar surface area (TPSA) is 49.8 Å². The van der Waals surface area contributed by atoms with Crippen LogP contribution in [0.1, 0.15) is 46.0 Å². The highest BCUT2D eigenvalue weighted by Gasteiger charge is 2.43. The van der Waals surface area contributed by atoms with Crippen molar-refractivity contribution in [3.63, 3.8) is 0 Å². The summed E-state index contributed by atoms with van der Waals surface area (Å²) in [7, 11) is 0. The van der Waals surface area contributed by atoms with Crippen LogP contribution in [-0.4, -0.2) is 48.3 Å². The van der Waals surface area contributed by atoms with Crippen LogP contribution < -0.4 is 0 Å². The Kier molecular flexibility index (Phi) is 4.85. The molecule has 1 N–H and O–H groups in total. The molecule has 1 saturated heterocycles. The zero-order valence-corrected chi connectivity index (χ0v) is 12.2. The Bertz CT molecular complexity index is 311. The summed E-state index contributed by atoms with van der Waals surface area (Å²) in [5.74, 6) is 0.0832. The Morgan fingerprint density at radius 1 is 1.42 bits per heavy atom. The first-order valence-electron chi connectivity index (χ1n) is 7.62. The molecule has 110 valence electrons. The van der Waals surface area contributed by atoms with Crippen LogP contribution in [0.4, 0.5) is 0 Å². The molecule has 0 radical (unpaired) electrons. The van der Waals surface area contributed by atoms with Gasteiger partial charge >= 0.3 is 5.97 Å². The van der Waals surface area contributed by atoms with Crippen molar-refractivity contribution < 1.29 is 14.6 Å². The number of carbonyl (C=O) groups is 1. The van der Waals surface area contributed by atoms with E-state index < -0.39 is 11.4 Å². The van der Waals surface area contributed by atoms with E-state index in [9.17, 15) is 9.90 Å². The maximum atomic E-state index is 11.8. The van der Waals surface area contributed by atoms with Crippen molar-refractivity contribution in [3.8, 4) is 0 Å². The summed E-state index contributed by atoms with van der Waals surface area (Å²) < 4.78 is 5.51. The molecule has 0 aromatic heterocycles. The third-order valence-corrected chi connectivity index (χ3v) is 5.01. The van der Waals surface area contributed by atoms with Gasteiger partial charge in [0.05, 0.1) is 18.6 Å². The van der Waals surface area contributed by atoms with Gasteiger partial charge in [0.1, 0.15) is 0 Å². The molecule has 1 aliphatic heterocycles. The fourth-order valence-corrected chi connectivity index (χ4v) is 3.42. The molecule has 1 heterocycles. The number of aliphatic carboxylic acids is 1. The van der Waals surface area contributed by atoms with Gasteiger partial charge in [0, 0.05) is 19.1 Å². The van der Waals surface area contributed by atoms with E-state index in [-0.39, 0.29) is 0 Å². The molecule has 0 bridgehead atoms. The monoisotopic (exact) mass is 269 g/mol. The largest absolute Gasteiger partial charge is 0.481 e. The minimum atomic E-state index is -0.597. The van der Waals surface area contributed by atoms with E-state index in [4.69, 9.17) is 4.74 Å². The lowest BCUT2D eigenvalue weighted by Gasteiger charge is -2.43. The maximum Gasteiger partial charge on any atom is 0.310 e. The first-order valence-corrected chi connectivity index (χ1v) is 7.62. The molecule has 19 heavy (non-hydrogen) atoms. The maximum absolute atomic E-state index is 11.8. The van der Waals surface area contributed by atoms with Crippen LogP contribution in [0, 0.1) is 11.3 Å². The molecule has 0 aromatic rings. The Morgan fingerprint density at radius 2 is 2.11 bits per heavy atom. The third kappa shape index (κ3) is 3.29. The Hall–Kier alpha value is -0.610. The lowest BCUT2D eigenvalue weighted by atomic mass is 9.70. The van der Waals surface area contributed by atoms with E-state index in [0.29, 0.717) is 18.5 Å². The highest BCUT2D eigenvalue weighted by atomic mass is 16.5. The summed E-state index contributed by atoms with van der Waals surface area (Å²) >= 11 is 0. The van der Waals surface area contributed by atoms with Crippen LogP contribution >= 0.6 is 0 Å². The minimum Gasteiger partial charge on any atom is -0.481 e. The zero-order valence-electron chi connectivity index (χ0n) is 12.2. The Morgan fingerprint density at radius 3 is 2.68 bits per heavy atom. The second-order valence-corrected chi connectivity index (χ2v) is 6.38. The lowest BCUT2D eigenvalue weighted by molar-refractivity contribution is -0.155. The second-order valence-electron chi connectivity index (χ2n) is 6.38. The molecule has 4 heteroatoms. The molecule has 0 amide bonds. The van der Waals surface area contributed by atoms with E-state index in [0.717, 1.165) is 51.9 Å². The van der Waals surface area contributed by atoms with Gasteiger partial charge in [-0.1, -0.05) is 13.8 Å². The summed E-state index contributed by atoms with van der Waals surface area (Å²) in [5.41, 5.74) is -0.517. The number of carboxylic acid groups (broad SMARTS) is 1. The summed E-state index contributed by atoms with van der Waals surface area (Å²) in [5, 5.41) is 9.71. The molecule has 2 aliphatic rings. The highest BCUT2D eigenvalue weighted by molar-refractivity contribution is 5.75. The molecule has 1 saturated carbocycles. The van der Waals surface area contributed by atoms with Crippen molar-refractivity contribution in [2.75, 3.05) is 26.3 Å². The highest BCUT2D eigenvalue weighted by Crippen LogP contribution is 2.40. The van der Waals surface area contributed by atoms with Gasteiger partial charge < -0.3 is 9.84 Å². The van der Waals surface area contributed by atoms with Crippen LogP contribution in [0.2, 0.25) is 0 Å². The SMILES string of the molecule is CCC1COCCN1CC1(C(=O)O)CCC(C)CC1. The number of morpholine rings is 1. The molecule has 1 aliphatic carbocycles. The predicted octanol–water partition coefficient (Wildman–Crippen LogP) is 2.38. The third-order valence-electron chi connectivity index (χ3n) is 5.01. The smallest absolute Gasteiger partial charge is 0.310 e. The fourth-order valence-electron chi connectivity index (χ4n) is 3.42. The van der Waals surface area contributed by atoms with Crippen molar-refractivity contribution in [3.05, 3.63) is 0 Å². The molecule has 2 rings (SSSR count). The van der Waals surface area contributed by atoms with Crippen molar-refractivity contribution in [1.82, 2.24) is 4.90 Å². The van der Waals surface area contributed by atoms with Gasteiger partial charge in [-0.2, -0.15) is 0 Å². The summed E-state index contributed by atoms with van der Waals surface area (Å²) in [6.45, 7) is 7.46. The number of ether oxygens (including phenoxy) is 1. The molecular weight excluding hydrogens is 242 g/mol. The van der Waals surface area contributed by atoms with Crippen LogP contribution in [0.25, 0.3) is 0 Å². The zero-order chi connectivity index (χ0) is 13.9. The molecule has 4 nitrogen and oxygen atoms in total. The Labute approximate surface area is 116 Å². The number of carboxylic acids is 1. The summed E-state index contributed by atoms with van der Waals surface area (Å²) in [4.78, 5) is 14.1. The fraction of sp³-hybridized carbons (Fsp3) is 0.933. The van der Waals surface area contributed by atoms with Gasteiger partial charge in [-0.05, 0) is 38.0 Å². The van der Waals surface area contributed by atoms with Gasteiger partial charge in [-0.15, -0.1) is 0 Å². The number of rotatable bonds is 4. The molecule has 2 fully saturated rings. The lowest BCUT2D eigenvalue weighted by Crippen LogP contribution is -2.52. The average molecular weight is 269 g/mol. The average Bonchev–Trinajstić information content (AvgIpc) is 2.42. The van der Waals surface area contributed by atoms with Crippen LogP contribution in [0.5, 0.6) is 0 Å². The van der Waals surface area contributed by atoms with Crippen molar-refractivity contribution in [2.24, 2.45) is 11.3 Å². The quantitative estimate of drug-likeness (QED) is 0.851. The first kappa shape index (κ1) is 14.8. The standard InChI is InChI=1S/C15H27NO3/c1-3-13-10-19-9-8-16(13)11-15(14(17)18)6-4-12(2)5-7-15/h12-13H,3-11H2,1-2H3,(H,17,18).